The first kappa shape index (κ1) is 85.4. The third-order valence-electron chi connectivity index (χ3n) is 18.1. The number of carbonyl (C=O) groups excluding carboxylic acids is 2. The van der Waals surface area contributed by atoms with Crippen LogP contribution < -0.4 is 5.32 Å². The van der Waals surface area contributed by atoms with Crippen LogP contribution in [0.2, 0.25) is 0 Å². The fourth-order valence-electron chi connectivity index (χ4n) is 12.0. The van der Waals surface area contributed by atoms with Gasteiger partial charge in [-0.2, -0.15) is 0 Å². The first-order valence-electron chi connectivity index (χ1n) is 38.6. The van der Waals surface area contributed by atoms with Crippen molar-refractivity contribution in [3.63, 3.8) is 0 Å². The standard InChI is InChI=1S/C79H145NO10/c1-3-5-7-9-11-13-15-42-45-49-53-57-61-65-72(82)71(70-89-79-78(87)77(86)76(85)73(69-81)90-79)80-74(83)66-62-58-54-50-46-43-40-38-36-34-32-30-28-26-24-22-20-18-17-19-21-23-25-27-29-31-33-35-37-39-41-44-48-52-56-60-64-68-88-75(84)67-63-59-55-51-47-16-14-12-10-8-6-4-2/h12,14,17,19,23,25,45,49,61,65,71-73,76-79,81-82,85-87H,3-11,13,15-16,18,20-22,24,26-44,46-48,50-60,62-64,66-70H2,1-2H3,(H,80,83)/b14-12-,19-17-,25-23-,49-45+,65-61+. The fraction of sp³-hybridized carbons (Fsp3) is 0.848. The number of rotatable bonds is 68. The summed E-state index contributed by atoms with van der Waals surface area (Å²) in [6.07, 6.45) is 81.0. The summed E-state index contributed by atoms with van der Waals surface area (Å²) in [5, 5.41) is 54.5. The quantitative estimate of drug-likeness (QED) is 0.0195. The Balaban J connectivity index is 1.93. The van der Waals surface area contributed by atoms with Crippen molar-refractivity contribution in [2.24, 2.45) is 0 Å². The summed E-state index contributed by atoms with van der Waals surface area (Å²) in [6, 6.07) is -0.826. The molecular weight excluding hydrogens is 1120 g/mol. The Morgan fingerprint density at radius 3 is 1.19 bits per heavy atom. The summed E-state index contributed by atoms with van der Waals surface area (Å²) in [6.45, 7) is 4.33. The van der Waals surface area contributed by atoms with Gasteiger partial charge in [0.1, 0.15) is 24.4 Å². The molecule has 7 unspecified atom stereocenters. The van der Waals surface area contributed by atoms with E-state index in [1.165, 1.54) is 276 Å². The van der Waals surface area contributed by atoms with Crippen LogP contribution in [0.25, 0.3) is 0 Å². The van der Waals surface area contributed by atoms with E-state index in [1.807, 2.05) is 6.08 Å². The SMILES string of the molecule is CCCCC/C=C\CCCCCCCC(=O)OCCCCCCCCCCCCCCC/C=C\C/C=C\CCCCCCCCCCCCCCCCCCCC(=O)NC(COC1OC(CO)C(O)C(O)C1O)C(O)/C=C/CC/C=C/CCCCCCCCC. The molecule has 1 heterocycles. The Morgan fingerprint density at radius 2 is 0.756 bits per heavy atom. The second kappa shape index (κ2) is 67.8. The number of amides is 1. The molecule has 0 radical (unpaired) electrons. The van der Waals surface area contributed by atoms with E-state index < -0.39 is 49.5 Å². The van der Waals surface area contributed by atoms with Crippen LogP contribution in [-0.4, -0.2) is 100 Å². The number of ether oxygens (including phenoxy) is 3. The van der Waals surface area contributed by atoms with Crippen molar-refractivity contribution in [3.05, 3.63) is 60.8 Å². The lowest BCUT2D eigenvalue weighted by molar-refractivity contribution is -0.302. The van der Waals surface area contributed by atoms with Gasteiger partial charge in [0.05, 0.1) is 32.0 Å². The van der Waals surface area contributed by atoms with Crippen molar-refractivity contribution >= 4 is 11.9 Å². The molecule has 1 amide bonds. The average Bonchev–Trinajstić information content (AvgIpc) is 1.02. The third-order valence-corrected chi connectivity index (χ3v) is 18.1. The summed E-state index contributed by atoms with van der Waals surface area (Å²) < 4.78 is 16.7. The topological polar surface area (TPSA) is 175 Å². The van der Waals surface area contributed by atoms with Crippen molar-refractivity contribution in [2.75, 3.05) is 19.8 Å². The van der Waals surface area contributed by atoms with Crippen LogP contribution in [0.3, 0.4) is 0 Å². The Bertz CT molecular complexity index is 1680. The molecule has 0 aromatic heterocycles. The molecule has 0 bridgehead atoms. The lowest BCUT2D eigenvalue weighted by atomic mass is 9.99. The number of aliphatic hydroxyl groups excluding tert-OH is 5. The molecule has 526 valence electrons. The van der Waals surface area contributed by atoms with Crippen LogP contribution in [-0.2, 0) is 23.8 Å². The highest BCUT2D eigenvalue weighted by molar-refractivity contribution is 5.76. The predicted octanol–water partition coefficient (Wildman–Crippen LogP) is 20.5. The molecule has 0 aromatic rings. The molecule has 7 atom stereocenters. The largest absolute Gasteiger partial charge is 0.466 e. The number of unbranched alkanes of at least 4 members (excludes halogenated alkanes) is 46. The van der Waals surface area contributed by atoms with Gasteiger partial charge >= 0.3 is 5.97 Å². The molecule has 0 aliphatic carbocycles. The Hall–Kier alpha value is -2.64. The molecule has 0 aromatic carbocycles. The molecule has 6 N–H and O–H groups in total. The van der Waals surface area contributed by atoms with Crippen LogP contribution >= 0.6 is 0 Å². The van der Waals surface area contributed by atoms with Gasteiger partial charge in [-0.05, 0) is 103 Å². The van der Waals surface area contributed by atoms with E-state index in [1.54, 1.807) is 6.08 Å². The summed E-state index contributed by atoms with van der Waals surface area (Å²) in [4.78, 5) is 25.1. The van der Waals surface area contributed by atoms with Crippen molar-refractivity contribution < 1.29 is 49.3 Å². The van der Waals surface area contributed by atoms with Gasteiger partial charge < -0.3 is 45.1 Å². The van der Waals surface area contributed by atoms with E-state index in [4.69, 9.17) is 14.2 Å². The maximum Gasteiger partial charge on any atom is 0.305 e. The molecule has 1 fully saturated rings. The highest BCUT2D eigenvalue weighted by Gasteiger charge is 2.44. The van der Waals surface area contributed by atoms with Crippen LogP contribution in [0.15, 0.2) is 60.8 Å². The zero-order valence-electron chi connectivity index (χ0n) is 58.6. The summed E-state index contributed by atoms with van der Waals surface area (Å²) in [5.41, 5.74) is 0. The van der Waals surface area contributed by atoms with Crippen molar-refractivity contribution in [1.29, 1.82) is 0 Å². The number of nitrogens with one attached hydrogen (secondary N) is 1. The van der Waals surface area contributed by atoms with E-state index in [-0.39, 0.29) is 18.5 Å². The number of allylic oxidation sites excluding steroid dienone is 9. The molecule has 0 saturated carbocycles. The molecule has 1 saturated heterocycles. The second-order valence-corrected chi connectivity index (χ2v) is 26.7. The van der Waals surface area contributed by atoms with Gasteiger partial charge in [-0.25, -0.2) is 0 Å². The normalized spacial score (nSPS) is 18.0. The zero-order chi connectivity index (χ0) is 65.1. The molecule has 1 aliphatic rings. The van der Waals surface area contributed by atoms with Crippen molar-refractivity contribution in [3.8, 4) is 0 Å². The molecule has 0 spiro atoms. The maximum absolute atomic E-state index is 13.1. The van der Waals surface area contributed by atoms with Gasteiger partial charge in [0.25, 0.3) is 0 Å². The summed E-state index contributed by atoms with van der Waals surface area (Å²) in [7, 11) is 0. The number of hydrogen-bond donors (Lipinski definition) is 6. The number of esters is 1. The minimum absolute atomic E-state index is 0.00225. The third kappa shape index (κ3) is 55.8. The highest BCUT2D eigenvalue weighted by atomic mass is 16.7. The maximum atomic E-state index is 13.1. The molecule has 90 heavy (non-hydrogen) atoms. The summed E-state index contributed by atoms with van der Waals surface area (Å²) >= 11 is 0. The monoisotopic (exact) mass is 1270 g/mol. The Kier molecular flexibility index (Phi) is 64.3. The highest BCUT2D eigenvalue weighted by Crippen LogP contribution is 2.23. The second-order valence-electron chi connectivity index (χ2n) is 26.7. The van der Waals surface area contributed by atoms with Crippen LogP contribution in [0, 0.1) is 0 Å². The molecular formula is C79H145NO10. The van der Waals surface area contributed by atoms with Gasteiger partial charge in [0, 0.05) is 12.8 Å². The van der Waals surface area contributed by atoms with Gasteiger partial charge in [0.15, 0.2) is 6.29 Å². The van der Waals surface area contributed by atoms with E-state index in [9.17, 15) is 35.1 Å². The Labute approximate surface area is 554 Å². The lowest BCUT2D eigenvalue weighted by Gasteiger charge is -2.40. The van der Waals surface area contributed by atoms with Crippen LogP contribution in [0.4, 0.5) is 0 Å². The van der Waals surface area contributed by atoms with E-state index in [0.29, 0.717) is 19.4 Å². The van der Waals surface area contributed by atoms with Crippen LogP contribution in [0.5, 0.6) is 0 Å². The zero-order valence-corrected chi connectivity index (χ0v) is 58.6. The first-order valence-corrected chi connectivity index (χ1v) is 38.6. The van der Waals surface area contributed by atoms with Gasteiger partial charge in [-0.15, -0.1) is 0 Å². The minimum atomic E-state index is -1.58. The molecule has 1 rings (SSSR count). The van der Waals surface area contributed by atoms with Crippen LogP contribution in [0.1, 0.15) is 367 Å². The lowest BCUT2D eigenvalue weighted by Crippen LogP contribution is -2.60. The average molecular weight is 1270 g/mol. The Morgan fingerprint density at radius 1 is 0.411 bits per heavy atom. The van der Waals surface area contributed by atoms with E-state index >= 15 is 0 Å². The number of hydrogen-bond acceptors (Lipinski definition) is 10. The molecule has 1 aliphatic heterocycles. The predicted molar refractivity (Wildman–Crippen MR) is 380 cm³/mol. The van der Waals surface area contributed by atoms with Gasteiger partial charge in [-0.3, -0.25) is 9.59 Å². The van der Waals surface area contributed by atoms with E-state index in [0.717, 1.165) is 64.2 Å². The number of aliphatic hydroxyl groups is 5. The van der Waals surface area contributed by atoms with Gasteiger partial charge in [0.2, 0.25) is 5.91 Å². The molecule has 11 nitrogen and oxygen atoms in total. The molecule has 11 heteroatoms. The van der Waals surface area contributed by atoms with Crippen molar-refractivity contribution in [1.82, 2.24) is 5.32 Å². The van der Waals surface area contributed by atoms with Crippen molar-refractivity contribution in [2.45, 2.75) is 410 Å². The minimum Gasteiger partial charge on any atom is -0.466 e. The first-order chi connectivity index (χ1) is 44.2. The van der Waals surface area contributed by atoms with Gasteiger partial charge in [-0.1, -0.05) is 312 Å². The number of carbonyl (C=O) groups is 2. The van der Waals surface area contributed by atoms with E-state index in [2.05, 4.69) is 67.8 Å². The fourth-order valence-corrected chi connectivity index (χ4v) is 12.0. The smallest absolute Gasteiger partial charge is 0.305 e. The summed E-state index contributed by atoms with van der Waals surface area (Å²) in [5.74, 6) is -0.186.